The van der Waals surface area contributed by atoms with E-state index in [1.165, 1.54) is 31.0 Å². The predicted molar refractivity (Wildman–Crippen MR) is 138 cm³/mol. The molecule has 1 aliphatic carbocycles. The molecule has 0 bridgehead atoms. The number of aromatic nitrogens is 3. The maximum atomic E-state index is 12.6. The van der Waals surface area contributed by atoms with E-state index < -0.39 is 0 Å². The topological polar surface area (TPSA) is 105 Å². The predicted octanol–water partition coefficient (Wildman–Crippen LogP) is 5.20. The molecule has 9 heteroatoms. The lowest BCUT2D eigenvalue weighted by atomic mass is 9.95. The SMILES string of the molecule is COc1cccc(NCc2nnc(SCC(=O)Nc3ccc(CC#N)cc3)n2C2CCCCC2)c1. The number of methoxy groups -OCH3 is 1. The Hall–Kier alpha value is -3.51. The largest absolute Gasteiger partial charge is 0.497 e. The second kappa shape index (κ2) is 12.3. The van der Waals surface area contributed by atoms with E-state index in [0.717, 1.165) is 40.8 Å². The van der Waals surface area contributed by atoms with Crippen LogP contribution in [0, 0.1) is 11.3 Å². The van der Waals surface area contributed by atoms with Crippen LogP contribution in [0.2, 0.25) is 0 Å². The number of anilines is 2. The first-order chi connectivity index (χ1) is 17.2. The van der Waals surface area contributed by atoms with Crippen molar-refractivity contribution in [3.05, 3.63) is 59.9 Å². The molecule has 0 spiro atoms. The van der Waals surface area contributed by atoms with Gasteiger partial charge in [-0.3, -0.25) is 4.79 Å². The van der Waals surface area contributed by atoms with Gasteiger partial charge in [0.05, 0.1) is 31.9 Å². The number of nitrogens with zero attached hydrogens (tertiary/aromatic N) is 4. The van der Waals surface area contributed by atoms with Gasteiger partial charge in [-0.1, -0.05) is 49.2 Å². The van der Waals surface area contributed by atoms with Crippen LogP contribution in [0.1, 0.15) is 49.5 Å². The smallest absolute Gasteiger partial charge is 0.234 e. The first-order valence-electron chi connectivity index (χ1n) is 11.9. The van der Waals surface area contributed by atoms with E-state index >= 15 is 0 Å². The highest BCUT2D eigenvalue weighted by atomic mass is 32.2. The van der Waals surface area contributed by atoms with Gasteiger partial charge in [-0.15, -0.1) is 10.2 Å². The highest BCUT2D eigenvalue weighted by molar-refractivity contribution is 7.99. The van der Waals surface area contributed by atoms with E-state index in [1.54, 1.807) is 7.11 Å². The van der Waals surface area contributed by atoms with Gasteiger partial charge in [0, 0.05) is 23.5 Å². The van der Waals surface area contributed by atoms with Crippen molar-refractivity contribution in [1.29, 1.82) is 5.26 Å². The van der Waals surface area contributed by atoms with Gasteiger partial charge < -0.3 is 19.9 Å². The summed E-state index contributed by atoms with van der Waals surface area (Å²) in [7, 11) is 1.66. The third kappa shape index (κ3) is 6.76. The number of benzene rings is 2. The zero-order valence-electron chi connectivity index (χ0n) is 19.9. The lowest BCUT2D eigenvalue weighted by Crippen LogP contribution is -2.19. The maximum Gasteiger partial charge on any atom is 0.234 e. The Labute approximate surface area is 210 Å². The van der Waals surface area contributed by atoms with Crippen molar-refractivity contribution in [2.45, 2.75) is 56.3 Å². The number of carbonyl (C=O) groups is 1. The van der Waals surface area contributed by atoms with E-state index in [-0.39, 0.29) is 11.7 Å². The maximum absolute atomic E-state index is 12.6. The van der Waals surface area contributed by atoms with Crippen molar-refractivity contribution in [2.24, 2.45) is 0 Å². The highest BCUT2D eigenvalue weighted by Gasteiger charge is 2.23. The summed E-state index contributed by atoms with van der Waals surface area (Å²) in [5.74, 6) is 1.81. The van der Waals surface area contributed by atoms with Gasteiger partial charge in [-0.2, -0.15) is 5.26 Å². The molecule has 1 aliphatic rings. The third-order valence-electron chi connectivity index (χ3n) is 6.05. The Bertz CT molecular complexity index is 1170. The number of thioether (sulfide) groups is 1. The number of amides is 1. The van der Waals surface area contributed by atoms with E-state index in [0.29, 0.717) is 24.7 Å². The summed E-state index contributed by atoms with van der Waals surface area (Å²) in [6.07, 6.45) is 6.19. The number of hydrogen-bond acceptors (Lipinski definition) is 7. The average Bonchev–Trinajstić information content (AvgIpc) is 3.31. The van der Waals surface area contributed by atoms with Gasteiger partial charge in [0.1, 0.15) is 5.75 Å². The fraction of sp³-hybridized carbons (Fsp3) is 0.385. The van der Waals surface area contributed by atoms with Crippen molar-refractivity contribution < 1.29 is 9.53 Å². The van der Waals surface area contributed by atoms with Crippen LogP contribution in [0.15, 0.2) is 53.7 Å². The molecule has 0 unspecified atom stereocenters. The molecule has 0 atom stereocenters. The number of carbonyl (C=O) groups excluding carboxylic acids is 1. The Kier molecular flexibility index (Phi) is 8.63. The molecule has 2 aromatic carbocycles. The number of hydrogen-bond donors (Lipinski definition) is 2. The summed E-state index contributed by atoms with van der Waals surface area (Å²) >= 11 is 1.41. The van der Waals surface area contributed by atoms with Gasteiger partial charge in [0.25, 0.3) is 0 Å². The van der Waals surface area contributed by atoms with Crippen LogP contribution in [0.4, 0.5) is 11.4 Å². The van der Waals surface area contributed by atoms with Crippen LogP contribution in [-0.4, -0.2) is 33.5 Å². The molecule has 35 heavy (non-hydrogen) atoms. The third-order valence-corrected chi connectivity index (χ3v) is 6.99. The summed E-state index contributed by atoms with van der Waals surface area (Å²) in [5.41, 5.74) is 2.60. The number of nitriles is 1. The monoisotopic (exact) mass is 490 g/mol. The number of nitrogens with one attached hydrogen (secondary N) is 2. The molecule has 1 saturated carbocycles. The second-order valence-corrected chi connectivity index (χ2v) is 9.46. The lowest BCUT2D eigenvalue weighted by Gasteiger charge is -2.25. The van der Waals surface area contributed by atoms with Crippen LogP contribution in [0.5, 0.6) is 5.75 Å². The Morgan fingerprint density at radius 3 is 2.69 bits per heavy atom. The molecule has 3 aromatic rings. The molecule has 1 heterocycles. The van der Waals surface area contributed by atoms with Crippen LogP contribution in [0.25, 0.3) is 0 Å². The van der Waals surface area contributed by atoms with Gasteiger partial charge in [0.2, 0.25) is 5.91 Å². The Morgan fingerprint density at radius 1 is 1.14 bits per heavy atom. The van der Waals surface area contributed by atoms with Gasteiger partial charge >= 0.3 is 0 Å². The van der Waals surface area contributed by atoms with Crippen LogP contribution >= 0.6 is 11.8 Å². The van der Waals surface area contributed by atoms with Gasteiger partial charge in [-0.05, 0) is 42.7 Å². The van der Waals surface area contributed by atoms with E-state index in [9.17, 15) is 4.79 Å². The standard InChI is InChI=1S/C26H30N6O2S/c1-34-23-9-5-6-21(16-23)28-17-24-30-31-26(32(24)22-7-3-2-4-8-22)35-18-25(33)29-20-12-10-19(11-13-20)14-15-27/h5-6,9-13,16,22,28H,2-4,7-8,14,17-18H2,1H3,(H,29,33). The molecule has 0 saturated heterocycles. The Balaban J connectivity index is 1.42. The zero-order chi connectivity index (χ0) is 24.5. The molecule has 182 valence electrons. The molecule has 8 nitrogen and oxygen atoms in total. The molecule has 4 rings (SSSR count). The van der Waals surface area contributed by atoms with Crippen molar-refractivity contribution >= 4 is 29.0 Å². The summed E-state index contributed by atoms with van der Waals surface area (Å²) < 4.78 is 7.54. The second-order valence-electron chi connectivity index (χ2n) is 8.51. The van der Waals surface area contributed by atoms with E-state index in [2.05, 4.69) is 31.5 Å². The van der Waals surface area contributed by atoms with Crippen molar-refractivity contribution in [2.75, 3.05) is 23.5 Å². The summed E-state index contributed by atoms with van der Waals surface area (Å²) in [6.45, 7) is 0.540. The molecule has 1 fully saturated rings. The first kappa shape index (κ1) is 24.6. The molecule has 1 amide bonds. The van der Waals surface area contributed by atoms with E-state index in [1.807, 2.05) is 48.5 Å². The fourth-order valence-electron chi connectivity index (χ4n) is 4.27. The molecule has 1 aromatic heterocycles. The molecular weight excluding hydrogens is 460 g/mol. The van der Waals surface area contributed by atoms with Gasteiger partial charge in [0.15, 0.2) is 11.0 Å². The van der Waals surface area contributed by atoms with Crippen LogP contribution < -0.4 is 15.4 Å². The average molecular weight is 491 g/mol. The number of ether oxygens (including phenoxy) is 1. The fourth-order valence-corrected chi connectivity index (χ4v) is 5.10. The minimum Gasteiger partial charge on any atom is -0.497 e. The molecule has 0 radical (unpaired) electrons. The summed E-state index contributed by atoms with van der Waals surface area (Å²) in [6, 6.07) is 17.6. The quantitative estimate of drug-likeness (QED) is 0.376. The van der Waals surface area contributed by atoms with Crippen molar-refractivity contribution in [3.63, 3.8) is 0 Å². The van der Waals surface area contributed by atoms with Crippen molar-refractivity contribution in [1.82, 2.24) is 14.8 Å². The first-order valence-corrected chi connectivity index (χ1v) is 12.8. The minimum atomic E-state index is -0.0997. The Morgan fingerprint density at radius 2 is 1.94 bits per heavy atom. The molecule has 0 aliphatic heterocycles. The highest BCUT2D eigenvalue weighted by Crippen LogP contribution is 2.33. The normalized spacial score (nSPS) is 13.7. The van der Waals surface area contributed by atoms with Crippen molar-refractivity contribution in [3.8, 4) is 11.8 Å². The summed E-state index contributed by atoms with van der Waals surface area (Å²) in [5, 5.41) is 24.9. The van der Waals surface area contributed by atoms with Crippen LogP contribution in [0.3, 0.4) is 0 Å². The number of rotatable bonds is 10. The van der Waals surface area contributed by atoms with Crippen LogP contribution in [-0.2, 0) is 17.8 Å². The molecular formula is C26H30N6O2S. The lowest BCUT2D eigenvalue weighted by molar-refractivity contribution is -0.113. The zero-order valence-corrected chi connectivity index (χ0v) is 20.7. The minimum absolute atomic E-state index is 0.0997. The van der Waals surface area contributed by atoms with Gasteiger partial charge in [-0.25, -0.2) is 0 Å². The molecule has 2 N–H and O–H groups in total. The van der Waals surface area contributed by atoms with E-state index in [4.69, 9.17) is 10.00 Å². The summed E-state index contributed by atoms with van der Waals surface area (Å²) in [4.78, 5) is 12.6.